The monoisotopic (exact) mass is 226 g/mol. The molecular weight excluding hydrogens is 200 g/mol. The van der Waals surface area contributed by atoms with Crippen molar-refractivity contribution in [1.29, 1.82) is 0 Å². The minimum Gasteiger partial charge on any atom is -0.386 e. The number of hydrogen-bond acceptors (Lipinski definition) is 2. The van der Waals surface area contributed by atoms with E-state index in [1.165, 1.54) is 32.1 Å². The highest BCUT2D eigenvalue weighted by atomic mass is 16.5. The first-order valence-electron chi connectivity index (χ1n) is 6.69. The molecule has 0 amide bonds. The summed E-state index contributed by atoms with van der Waals surface area (Å²) >= 11 is 0. The molecule has 0 bridgehead atoms. The molecule has 94 valence electrons. The summed E-state index contributed by atoms with van der Waals surface area (Å²) in [6.45, 7) is 8.29. The van der Waals surface area contributed by atoms with Gasteiger partial charge in [-0.05, 0) is 46.5 Å². The minimum absolute atomic E-state index is 0.185. The first-order valence-corrected chi connectivity index (χ1v) is 6.69. The van der Waals surface area contributed by atoms with Crippen LogP contribution >= 0.6 is 0 Å². The van der Waals surface area contributed by atoms with Gasteiger partial charge in [0.05, 0.1) is 16.8 Å². The predicted molar refractivity (Wildman–Crippen MR) is 65.4 cm³/mol. The highest BCUT2D eigenvalue weighted by Crippen LogP contribution is 2.51. The zero-order valence-electron chi connectivity index (χ0n) is 11.2. The normalized spacial score (nSPS) is 38.8. The van der Waals surface area contributed by atoms with Crippen molar-refractivity contribution < 1.29 is 9.84 Å². The van der Waals surface area contributed by atoms with Gasteiger partial charge in [-0.25, -0.2) is 0 Å². The Morgan fingerprint density at radius 2 is 1.56 bits per heavy atom. The largest absolute Gasteiger partial charge is 0.386 e. The standard InChI is InChI=1S/C14H26O2/c1-12(2)10-14(15,13(3,4)16-12)11-8-6-5-7-9-11/h11,15H,5-10H2,1-4H3. The Morgan fingerprint density at radius 1 is 1.00 bits per heavy atom. The quantitative estimate of drug-likeness (QED) is 0.743. The van der Waals surface area contributed by atoms with Gasteiger partial charge in [-0.2, -0.15) is 0 Å². The van der Waals surface area contributed by atoms with Crippen molar-refractivity contribution in [3.05, 3.63) is 0 Å². The molecule has 1 saturated heterocycles. The average molecular weight is 226 g/mol. The van der Waals surface area contributed by atoms with Gasteiger partial charge in [0, 0.05) is 6.42 Å². The van der Waals surface area contributed by atoms with Crippen molar-refractivity contribution in [2.75, 3.05) is 0 Å². The lowest BCUT2D eigenvalue weighted by Crippen LogP contribution is -2.52. The fourth-order valence-corrected chi connectivity index (χ4v) is 3.89. The van der Waals surface area contributed by atoms with Crippen LogP contribution in [0.1, 0.15) is 66.2 Å². The van der Waals surface area contributed by atoms with E-state index in [1.807, 2.05) is 0 Å². The van der Waals surface area contributed by atoms with Crippen LogP contribution in [0, 0.1) is 5.92 Å². The average Bonchev–Trinajstić information content (AvgIpc) is 2.33. The molecule has 1 aliphatic heterocycles. The molecule has 0 radical (unpaired) electrons. The molecule has 1 atom stereocenters. The van der Waals surface area contributed by atoms with Crippen LogP contribution in [0.15, 0.2) is 0 Å². The molecule has 0 aromatic rings. The van der Waals surface area contributed by atoms with E-state index >= 15 is 0 Å². The Balaban J connectivity index is 2.22. The second kappa shape index (κ2) is 3.71. The van der Waals surface area contributed by atoms with Gasteiger partial charge < -0.3 is 9.84 Å². The fourth-order valence-electron chi connectivity index (χ4n) is 3.89. The summed E-state index contributed by atoms with van der Waals surface area (Å²) in [5.74, 6) is 0.429. The van der Waals surface area contributed by atoms with Gasteiger partial charge in [-0.1, -0.05) is 19.3 Å². The molecule has 2 nitrogen and oxygen atoms in total. The number of hydrogen-bond donors (Lipinski definition) is 1. The van der Waals surface area contributed by atoms with Gasteiger partial charge in [0.1, 0.15) is 0 Å². The van der Waals surface area contributed by atoms with Crippen LogP contribution in [0.25, 0.3) is 0 Å². The van der Waals surface area contributed by atoms with Crippen LogP contribution in [0.3, 0.4) is 0 Å². The van der Waals surface area contributed by atoms with E-state index in [0.717, 1.165) is 6.42 Å². The van der Waals surface area contributed by atoms with Gasteiger partial charge in [0.2, 0.25) is 0 Å². The summed E-state index contributed by atoms with van der Waals surface area (Å²) in [6.07, 6.45) is 6.97. The van der Waals surface area contributed by atoms with Gasteiger partial charge >= 0.3 is 0 Å². The molecule has 0 aromatic heterocycles. The molecule has 0 spiro atoms. The maximum atomic E-state index is 11.1. The smallest absolute Gasteiger partial charge is 0.0986 e. The van der Waals surface area contributed by atoms with Gasteiger partial charge in [-0.15, -0.1) is 0 Å². The lowest BCUT2D eigenvalue weighted by atomic mass is 9.68. The Bertz CT molecular complexity index is 264. The minimum atomic E-state index is -0.628. The Morgan fingerprint density at radius 3 is 2.00 bits per heavy atom. The Kier molecular flexibility index (Phi) is 2.87. The van der Waals surface area contributed by atoms with Crippen LogP contribution in [0.2, 0.25) is 0 Å². The highest BCUT2D eigenvalue weighted by molar-refractivity contribution is 5.09. The third kappa shape index (κ3) is 1.91. The topological polar surface area (TPSA) is 29.5 Å². The van der Waals surface area contributed by atoms with Crippen LogP contribution in [0.4, 0.5) is 0 Å². The lowest BCUT2D eigenvalue weighted by Gasteiger charge is -2.43. The van der Waals surface area contributed by atoms with Crippen molar-refractivity contribution in [3.8, 4) is 0 Å². The summed E-state index contributed by atoms with van der Waals surface area (Å²) in [5.41, 5.74) is -1.22. The molecule has 1 saturated carbocycles. The van der Waals surface area contributed by atoms with E-state index in [9.17, 15) is 5.11 Å². The third-order valence-electron chi connectivity index (χ3n) is 4.55. The third-order valence-corrected chi connectivity index (χ3v) is 4.55. The van der Waals surface area contributed by atoms with E-state index < -0.39 is 11.2 Å². The van der Waals surface area contributed by atoms with Crippen molar-refractivity contribution >= 4 is 0 Å². The summed E-state index contributed by atoms with van der Waals surface area (Å²) in [5, 5.41) is 11.1. The molecule has 16 heavy (non-hydrogen) atoms. The van der Waals surface area contributed by atoms with E-state index in [2.05, 4.69) is 27.7 Å². The first-order chi connectivity index (χ1) is 7.27. The summed E-state index contributed by atoms with van der Waals surface area (Å²) in [4.78, 5) is 0. The van der Waals surface area contributed by atoms with Crippen LogP contribution < -0.4 is 0 Å². The molecule has 2 aliphatic rings. The van der Waals surface area contributed by atoms with Crippen molar-refractivity contribution in [1.82, 2.24) is 0 Å². The maximum Gasteiger partial charge on any atom is 0.0986 e. The zero-order valence-corrected chi connectivity index (χ0v) is 11.2. The molecule has 1 unspecified atom stereocenters. The summed E-state index contributed by atoms with van der Waals surface area (Å²) < 4.78 is 6.05. The molecular formula is C14H26O2. The molecule has 2 heteroatoms. The molecule has 1 aliphatic carbocycles. The molecule has 1 heterocycles. The second-order valence-electron chi connectivity index (χ2n) is 6.81. The number of aliphatic hydroxyl groups is 1. The molecule has 2 fully saturated rings. The van der Waals surface area contributed by atoms with Crippen molar-refractivity contribution in [2.24, 2.45) is 5.92 Å². The molecule has 2 rings (SSSR count). The summed E-state index contributed by atoms with van der Waals surface area (Å²) in [6, 6.07) is 0. The first kappa shape index (κ1) is 12.4. The van der Waals surface area contributed by atoms with E-state index in [4.69, 9.17) is 4.74 Å². The van der Waals surface area contributed by atoms with Crippen molar-refractivity contribution in [3.63, 3.8) is 0 Å². The van der Waals surface area contributed by atoms with Crippen LogP contribution in [0.5, 0.6) is 0 Å². The summed E-state index contributed by atoms with van der Waals surface area (Å²) in [7, 11) is 0. The van der Waals surface area contributed by atoms with E-state index in [1.54, 1.807) is 0 Å². The predicted octanol–water partition coefficient (Wildman–Crippen LogP) is 3.28. The second-order valence-corrected chi connectivity index (χ2v) is 6.81. The number of ether oxygens (including phenoxy) is 1. The number of rotatable bonds is 1. The Labute approximate surface area is 99.4 Å². The van der Waals surface area contributed by atoms with Crippen LogP contribution in [-0.4, -0.2) is 21.9 Å². The lowest BCUT2D eigenvalue weighted by molar-refractivity contribution is -0.152. The zero-order chi connectivity index (χ0) is 12.0. The van der Waals surface area contributed by atoms with E-state index in [0.29, 0.717) is 5.92 Å². The van der Waals surface area contributed by atoms with E-state index in [-0.39, 0.29) is 5.60 Å². The van der Waals surface area contributed by atoms with Crippen molar-refractivity contribution in [2.45, 2.75) is 83.0 Å². The Hall–Kier alpha value is -0.0800. The fraction of sp³-hybridized carbons (Fsp3) is 1.00. The highest BCUT2D eigenvalue weighted by Gasteiger charge is 2.59. The van der Waals surface area contributed by atoms with Crippen LogP contribution in [-0.2, 0) is 4.74 Å². The van der Waals surface area contributed by atoms with Gasteiger partial charge in [0.25, 0.3) is 0 Å². The van der Waals surface area contributed by atoms with Gasteiger partial charge in [-0.3, -0.25) is 0 Å². The molecule has 0 aromatic carbocycles. The SMILES string of the molecule is CC1(C)CC(O)(C2CCCCC2)C(C)(C)O1. The maximum absolute atomic E-state index is 11.1. The molecule has 1 N–H and O–H groups in total. The van der Waals surface area contributed by atoms with Gasteiger partial charge in [0.15, 0.2) is 0 Å².